The molecule has 21 heavy (non-hydrogen) atoms. The summed E-state index contributed by atoms with van der Waals surface area (Å²) in [6.45, 7) is 1.33. The monoisotopic (exact) mass is 312 g/mol. The van der Waals surface area contributed by atoms with Crippen molar-refractivity contribution in [1.29, 1.82) is 0 Å². The van der Waals surface area contributed by atoms with Crippen LogP contribution < -0.4 is 5.73 Å². The summed E-state index contributed by atoms with van der Waals surface area (Å²) in [7, 11) is 0. The van der Waals surface area contributed by atoms with Crippen LogP contribution in [0.5, 0.6) is 0 Å². The maximum atomic E-state index is 12.2. The molecule has 1 unspecified atom stereocenters. The number of benzene rings is 1. The van der Waals surface area contributed by atoms with Gasteiger partial charge in [-0.25, -0.2) is 0 Å². The van der Waals surface area contributed by atoms with Gasteiger partial charge in [-0.15, -0.1) is 12.4 Å². The third-order valence-corrected chi connectivity index (χ3v) is 3.69. The Labute approximate surface area is 130 Å². The first kappa shape index (κ1) is 17.5. The molecule has 1 aliphatic heterocycles. The number of aliphatic carboxylic acids is 1. The van der Waals surface area contributed by atoms with Gasteiger partial charge in [-0.3, -0.25) is 9.59 Å². The molecule has 6 heteroatoms. The number of amides is 1. The fraction of sp³-hybridized carbons (Fsp3) is 0.467. The number of hydrogen-bond donors (Lipinski definition) is 2. The fourth-order valence-electron chi connectivity index (χ4n) is 2.47. The molecule has 2 rings (SSSR count). The van der Waals surface area contributed by atoms with Crippen molar-refractivity contribution in [2.24, 2.45) is 5.73 Å². The molecule has 0 aromatic heterocycles. The molecule has 0 saturated carbocycles. The number of carboxylic acids is 1. The van der Waals surface area contributed by atoms with Gasteiger partial charge < -0.3 is 15.7 Å². The summed E-state index contributed by atoms with van der Waals surface area (Å²) in [6, 6.07) is 7.18. The number of hydrogen-bond acceptors (Lipinski definition) is 3. The third kappa shape index (κ3) is 4.72. The molecule has 0 fully saturated rings. The van der Waals surface area contributed by atoms with E-state index in [2.05, 4.69) is 6.07 Å². The third-order valence-electron chi connectivity index (χ3n) is 3.69. The quantitative estimate of drug-likeness (QED) is 0.884. The highest BCUT2D eigenvalue weighted by molar-refractivity contribution is 5.85. The number of carbonyl (C=O) groups is 2. The maximum absolute atomic E-state index is 12.2. The number of fused-ring (bicyclic) bond motifs is 1. The van der Waals surface area contributed by atoms with Crippen LogP contribution in [0.4, 0.5) is 0 Å². The molecule has 1 aliphatic rings. The average molecular weight is 313 g/mol. The van der Waals surface area contributed by atoms with Crippen LogP contribution in [0.25, 0.3) is 0 Å². The van der Waals surface area contributed by atoms with Gasteiger partial charge in [0.05, 0.1) is 0 Å². The zero-order valence-corrected chi connectivity index (χ0v) is 12.6. The molecule has 1 heterocycles. The van der Waals surface area contributed by atoms with E-state index in [1.54, 1.807) is 4.90 Å². The minimum absolute atomic E-state index is 0. The summed E-state index contributed by atoms with van der Waals surface area (Å²) in [5, 5.41) is 8.73. The fourth-order valence-corrected chi connectivity index (χ4v) is 2.47. The molecule has 3 N–H and O–H groups in total. The number of nitrogens with zero attached hydrogens (tertiary/aromatic N) is 1. The van der Waals surface area contributed by atoms with E-state index in [0.717, 1.165) is 19.4 Å². The highest BCUT2D eigenvalue weighted by Crippen LogP contribution is 2.19. The minimum atomic E-state index is -1.06. The van der Waals surface area contributed by atoms with Crippen molar-refractivity contribution in [3.05, 3.63) is 35.4 Å². The standard InChI is InChI=1S/C15H20N2O3.ClH/c16-13(15(19)20)7-8-14(18)17-9-3-6-11-4-1-2-5-12(11)10-17;/h1-2,4-5,13H,3,6-10,16H2,(H,19,20);1H. The summed E-state index contributed by atoms with van der Waals surface area (Å²) in [5.74, 6) is -1.07. The van der Waals surface area contributed by atoms with Gasteiger partial charge in [0.2, 0.25) is 5.91 Å². The molecule has 1 amide bonds. The Morgan fingerprint density at radius 3 is 2.62 bits per heavy atom. The van der Waals surface area contributed by atoms with Crippen LogP contribution in [0.15, 0.2) is 24.3 Å². The Hall–Kier alpha value is -1.59. The highest BCUT2D eigenvalue weighted by Gasteiger charge is 2.20. The first-order chi connectivity index (χ1) is 9.58. The Morgan fingerprint density at radius 2 is 1.95 bits per heavy atom. The lowest BCUT2D eigenvalue weighted by atomic mass is 10.0. The van der Waals surface area contributed by atoms with Gasteiger partial charge in [0.25, 0.3) is 0 Å². The summed E-state index contributed by atoms with van der Waals surface area (Å²) >= 11 is 0. The van der Waals surface area contributed by atoms with Crippen LogP contribution in [0, 0.1) is 0 Å². The van der Waals surface area contributed by atoms with Gasteiger partial charge >= 0.3 is 5.97 Å². The van der Waals surface area contributed by atoms with Gasteiger partial charge in [-0.05, 0) is 30.4 Å². The van der Waals surface area contributed by atoms with Crippen LogP contribution in [0.3, 0.4) is 0 Å². The second kappa shape index (κ2) is 8.00. The van der Waals surface area contributed by atoms with Crippen molar-refractivity contribution >= 4 is 24.3 Å². The van der Waals surface area contributed by atoms with Gasteiger partial charge in [0.15, 0.2) is 0 Å². The van der Waals surface area contributed by atoms with Crippen molar-refractivity contribution < 1.29 is 14.7 Å². The van der Waals surface area contributed by atoms with Crippen LogP contribution in [0.1, 0.15) is 30.4 Å². The molecule has 0 saturated heterocycles. The molecule has 0 radical (unpaired) electrons. The molecule has 1 aromatic rings. The number of halogens is 1. The largest absolute Gasteiger partial charge is 0.480 e. The van der Waals surface area contributed by atoms with Gasteiger partial charge in [-0.2, -0.15) is 0 Å². The number of carboxylic acid groups (broad SMARTS) is 1. The van der Waals surface area contributed by atoms with E-state index in [0.29, 0.717) is 6.54 Å². The molecule has 116 valence electrons. The Bertz CT molecular complexity index is 507. The second-order valence-electron chi connectivity index (χ2n) is 5.17. The molecule has 0 aliphatic carbocycles. The number of aryl methyl sites for hydroxylation is 1. The van der Waals surface area contributed by atoms with Crippen LogP contribution in [0.2, 0.25) is 0 Å². The number of rotatable bonds is 4. The maximum Gasteiger partial charge on any atom is 0.320 e. The van der Waals surface area contributed by atoms with Gasteiger partial charge in [-0.1, -0.05) is 24.3 Å². The second-order valence-corrected chi connectivity index (χ2v) is 5.17. The lowest BCUT2D eigenvalue weighted by Gasteiger charge is -2.21. The summed E-state index contributed by atoms with van der Waals surface area (Å²) < 4.78 is 0. The first-order valence-corrected chi connectivity index (χ1v) is 6.91. The smallest absolute Gasteiger partial charge is 0.320 e. The molecule has 1 aromatic carbocycles. The molecule has 0 spiro atoms. The van der Waals surface area contributed by atoms with E-state index in [1.165, 1.54) is 11.1 Å². The zero-order valence-electron chi connectivity index (χ0n) is 11.8. The van der Waals surface area contributed by atoms with Crippen molar-refractivity contribution in [2.45, 2.75) is 38.3 Å². The highest BCUT2D eigenvalue weighted by atomic mass is 35.5. The molecular formula is C15H21ClN2O3. The SMILES string of the molecule is Cl.NC(CCC(=O)N1CCCc2ccccc2C1)C(=O)O. The normalized spacial score (nSPS) is 15.4. The van der Waals surface area contributed by atoms with Crippen LogP contribution in [-0.2, 0) is 22.6 Å². The van der Waals surface area contributed by atoms with E-state index in [4.69, 9.17) is 10.8 Å². The van der Waals surface area contributed by atoms with Crippen molar-refractivity contribution in [3.8, 4) is 0 Å². The average Bonchev–Trinajstić information content (AvgIpc) is 2.66. The predicted molar refractivity (Wildman–Crippen MR) is 82.3 cm³/mol. The minimum Gasteiger partial charge on any atom is -0.480 e. The summed E-state index contributed by atoms with van der Waals surface area (Å²) in [4.78, 5) is 24.6. The Morgan fingerprint density at radius 1 is 1.29 bits per heavy atom. The van der Waals surface area contributed by atoms with Crippen molar-refractivity contribution in [3.63, 3.8) is 0 Å². The number of nitrogens with two attached hydrogens (primary N) is 1. The lowest BCUT2D eigenvalue weighted by molar-refractivity contribution is -0.139. The Kier molecular flexibility index (Phi) is 6.65. The van der Waals surface area contributed by atoms with Gasteiger partial charge in [0, 0.05) is 19.5 Å². The van der Waals surface area contributed by atoms with E-state index in [9.17, 15) is 9.59 Å². The topological polar surface area (TPSA) is 83.6 Å². The summed E-state index contributed by atoms with van der Waals surface area (Å²) in [5.41, 5.74) is 7.91. The summed E-state index contributed by atoms with van der Waals surface area (Å²) in [6.07, 6.45) is 2.30. The lowest BCUT2D eigenvalue weighted by Crippen LogP contribution is -2.35. The van der Waals surface area contributed by atoms with Crippen molar-refractivity contribution in [2.75, 3.05) is 6.54 Å². The Balaban J connectivity index is 0.00000220. The van der Waals surface area contributed by atoms with Crippen LogP contribution >= 0.6 is 12.4 Å². The van der Waals surface area contributed by atoms with E-state index in [-0.39, 0.29) is 31.2 Å². The van der Waals surface area contributed by atoms with E-state index >= 15 is 0 Å². The van der Waals surface area contributed by atoms with Gasteiger partial charge in [0.1, 0.15) is 6.04 Å². The molecule has 1 atom stereocenters. The van der Waals surface area contributed by atoms with Crippen molar-refractivity contribution in [1.82, 2.24) is 4.90 Å². The molecule has 5 nitrogen and oxygen atoms in total. The zero-order chi connectivity index (χ0) is 14.5. The molecule has 0 bridgehead atoms. The van der Waals surface area contributed by atoms with E-state index in [1.807, 2.05) is 18.2 Å². The molecular weight excluding hydrogens is 292 g/mol. The first-order valence-electron chi connectivity index (χ1n) is 6.91. The van der Waals surface area contributed by atoms with E-state index < -0.39 is 12.0 Å². The number of carbonyl (C=O) groups excluding carboxylic acids is 1. The van der Waals surface area contributed by atoms with Crippen LogP contribution in [-0.4, -0.2) is 34.5 Å². The predicted octanol–water partition coefficient (Wildman–Crippen LogP) is 1.58.